The van der Waals surface area contributed by atoms with E-state index in [9.17, 15) is 0 Å². The summed E-state index contributed by atoms with van der Waals surface area (Å²) < 4.78 is 1.78. The zero-order valence-electron chi connectivity index (χ0n) is 10.4. The van der Waals surface area contributed by atoms with Crippen LogP contribution in [0.4, 0.5) is 5.82 Å². The number of benzene rings is 1. The van der Waals surface area contributed by atoms with E-state index in [1.807, 2.05) is 30.5 Å². The van der Waals surface area contributed by atoms with Gasteiger partial charge in [-0.05, 0) is 11.6 Å². The third-order valence-electron chi connectivity index (χ3n) is 2.49. The summed E-state index contributed by atoms with van der Waals surface area (Å²) in [6.07, 6.45) is 1.82. The van der Waals surface area contributed by atoms with E-state index in [1.54, 1.807) is 16.4 Å². The minimum atomic E-state index is 0.491. The van der Waals surface area contributed by atoms with Crippen molar-refractivity contribution in [1.82, 2.24) is 9.78 Å². The summed E-state index contributed by atoms with van der Waals surface area (Å²) in [6, 6.07) is 7.74. The third-order valence-corrected chi connectivity index (χ3v) is 3.89. The van der Waals surface area contributed by atoms with Crippen molar-refractivity contribution >= 4 is 29.2 Å². The summed E-state index contributed by atoms with van der Waals surface area (Å²) in [5.41, 5.74) is 7.11. The molecule has 0 atom stereocenters. The maximum absolute atomic E-state index is 6.13. The molecule has 2 rings (SSSR count). The molecule has 0 aliphatic carbocycles. The van der Waals surface area contributed by atoms with E-state index in [0.717, 1.165) is 15.5 Å². The Hall–Kier alpha value is -1.13. The van der Waals surface area contributed by atoms with E-state index in [-0.39, 0.29) is 0 Å². The van der Waals surface area contributed by atoms with Crippen molar-refractivity contribution in [1.29, 1.82) is 0 Å². The highest BCUT2D eigenvalue weighted by molar-refractivity contribution is 8.00. The molecular formula is C13H16ClN3S. The van der Waals surface area contributed by atoms with Crippen LogP contribution in [0.15, 0.2) is 35.4 Å². The lowest BCUT2D eigenvalue weighted by Crippen LogP contribution is -2.06. The van der Waals surface area contributed by atoms with Crippen LogP contribution in [0.5, 0.6) is 0 Å². The van der Waals surface area contributed by atoms with Crippen molar-refractivity contribution < 1.29 is 0 Å². The molecule has 0 radical (unpaired) electrons. The molecule has 0 unspecified atom stereocenters. The van der Waals surface area contributed by atoms with Gasteiger partial charge in [-0.2, -0.15) is 5.10 Å². The molecule has 1 aromatic carbocycles. The van der Waals surface area contributed by atoms with Gasteiger partial charge in [0.15, 0.2) is 0 Å². The second-order valence-electron chi connectivity index (χ2n) is 4.31. The summed E-state index contributed by atoms with van der Waals surface area (Å²) in [6.45, 7) is 4.87. The number of hydrogen-bond donors (Lipinski definition) is 1. The molecule has 0 aliphatic rings. The SMILES string of the molecule is CC(C)Sc1cnn(Cc2ccccc2Cl)c1N. The van der Waals surface area contributed by atoms with E-state index in [2.05, 4.69) is 18.9 Å². The predicted molar refractivity (Wildman–Crippen MR) is 78.2 cm³/mol. The average Bonchev–Trinajstić information content (AvgIpc) is 2.64. The van der Waals surface area contributed by atoms with Crippen LogP contribution in [-0.2, 0) is 6.54 Å². The van der Waals surface area contributed by atoms with Crippen LogP contribution < -0.4 is 5.73 Å². The van der Waals surface area contributed by atoms with E-state index >= 15 is 0 Å². The molecule has 2 aromatic rings. The molecule has 18 heavy (non-hydrogen) atoms. The molecule has 0 aliphatic heterocycles. The third kappa shape index (κ3) is 3.00. The van der Waals surface area contributed by atoms with Crippen molar-refractivity contribution in [3.05, 3.63) is 41.0 Å². The van der Waals surface area contributed by atoms with Gasteiger partial charge in [0.1, 0.15) is 5.82 Å². The molecule has 0 saturated carbocycles. The van der Waals surface area contributed by atoms with Gasteiger partial charge in [0.25, 0.3) is 0 Å². The number of nitrogens with zero attached hydrogens (tertiary/aromatic N) is 2. The Morgan fingerprint density at radius 3 is 2.78 bits per heavy atom. The van der Waals surface area contributed by atoms with Crippen LogP contribution in [-0.4, -0.2) is 15.0 Å². The summed E-state index contributed by atoms with van der Waals surface area (Å²) >= 11 is 7.85. The Kier molecular flexibility index (Phi) is 4.19. The van der Waals surface area contributed by atoms with E-state index < -0.39 is 0 Å². The van der Waals surface area contributed by atoms with Gasteiger partial charge in [-0.25, -0.2) is 4.68 Å². The fourth-order valence-corrected chi connectivity index (χ4v) is 2.67. The van der Waals surface area contributed by atoms with Gasteiger partial charge in [0, 0.05) is 10.3 Å². The molecule has 1 aromatic heterocycles. The summed E-state index contributed by atoms with van der Waals surface area (Å²) in [5, 5.41) is 5.55. The second-order valence-corrected chi connectivity index (χ2v) is 6.34. The number of halogens is 1. The highest BCUT2D eigenvalue weighted by Gasteiger charge is 2.10. The van der Waals surface area contributed by atoms with Gasteiger partial charge < -0.3 is 5.73 Å². The topological polar surface area (TPSA) is 43.8 Å². The fraction of sp³-hybridized carbons (Fsp3) is 0.308. The average molecular weight is 282 g/mol. The van der Waals surface area contributed by atoms with Crippen LogP contribution in [0.25, 0.3) is 0 Å². The Morgan fingerprint density at radius 1 is 1.39 bits per heavy atom. The normalized spacial score (nSPS) is 11.1. The first-order valence-electron chi connectivity index (χ1n) is 5.79. The first-order chi connectivity index (χ1) is 8.58. The smallest absolute Gasteiger partial charge is 0.135 e. The Labute approximate surface area is 116 Å². The molecule has 0 saturated heterocycles. The standard InChI is InChI=1S/C13H16ClN3S/c1-9(2)18-12-7-16-17(13(12)15)8-10-5-3-4-6-11(10)14/h3-7,9H,8,15H2,1-2H3. The maximum Gasteiger partial charge on any atom is 0.135 e. The quantitative estimate of drug-likeness (QED) is 0.870. The fourth-order valence-electron chi connectivity index (χ4n) is 1.64. The van der Waals surface area contributed by atoms with Crippen LogP contribution in [0.1, 0.15) is 19.4 Å². The number of thioether (sulfide) groups is 1. The number of nitrogen functional groups attached to an aromatic ring is 1. The van der Waals surface area contributed by atoms with Crippen LogP contribution in [0.2, 0.25) is 5.02 Å². The van der Waals surface area contributed by atoms with Crippen LogP contribution in [0, 0.1) is 0 Å². The van der Waals surface area contributed by atoms with Crippen molar-refractivity contribution in [2.75, 3.05) is 5.73 Å². The monoisotopic (exact) mass is 281 g/mol. The minimum absolute atomic E-state index is 0.491. The Balaban J connectivity index is 2.20. The minimum Gasteiger partial charge on any atom is -0.383 e. The first-order valence-corrected chi connectivity index (χ1v) is 7.05. The molecule has 1 heterocycles. The lowest BCUT2D eigenvalue weighted by atomic mass is 10.2. The highest BCUT2D eigenvalue weighted by atomic mass is 35.5. The van der Waals surface area contributed by atoms with E-state index in [4.69, 9.17) is 17.3 Å². The second kappa shape index (κ2) is 5.67. The van der Waals surface area contributed by atoms with Crippen molar-refractivity contribution in [3.8, 4) is 0 Å². The van der Waals surface area contributed by atoms with Crippen LogP contribution in [0.3, 0.4) is 0 Å². The van der Waals surface area contributed by atoms with Gasteiger partial charge in [-0.15, -0.1) is 11.8 Å². The predicted octanol–water partition coefficient (Wildman–Crippen LogP) is 3.67. The molecule has 0 amide bonds. The van der Waals surface area contributed by atoms with Gasteiger partial charge in [0.05, 0.1) is 17.6 Å². The van der Waals surface area contributed by atoms with Gasteiger partial charge in [-0.3, -0.25) is 0 Å². The number of anilines is 1. The number of nitrogens with two attached hydrogens (primary N) is 1. The molecule has 2 N–H and O–H groups in total. The van der Waals surface area contributed by atoms with Crippen molar-refractivity contribution in [2.45, 2.75) is 30.5 Å². The maximum atomic E-state index is 6.13. The molecule has 0 fully saturated rings. The van der Waals surface area contributed by atoms with Gasteiger partial charge in [0.2, 0.25) is 0 Å². The molecule has 0 bridgehead atoms. The number of rotatable bonds is 4. The summed E-state index contributed by atoms with van der Waals surface area (Å²) in [4.78, 5) is 1.03. The zero-order valence-corrected chi connectivity index (χ0v) is 12.0. The van der Waals surface area contributed by atoms with Crippen molar-refractivity contribution in [2.24, 2.45) is 0 Å². The lowest BCUT2D eigenvalue weighted by Gasteiger charge is -2.07. The zero-order chi connectivity index (χ0) is 13.1. The van der Waals surface area contributed by atoms with Gasteiger partial charge in [-0.1, -0.05) is 43.6 Å². The molecule has 0 spiro atoms. The molecule has 96 valence electrons. The molecular weight excluding hydrogens is 266 g/mol. The Morgan fingerprint density at radius 2 is 2.11 bits per heavy atom. The molecule has 5 heteroatoms. The summed E-state index contributed by atoms with van der Waals surface area (Å²) in [7, 11) is 0. The van der Waals surface area contributed by atoms with Gasteiger partial charge >= 0.3 is 0 Å². The first kappa shape index (κ1) is 13.3. The highest BCUT2D eigenvalue weighted by Crippen LogP contribution is 2.29. The lowest BCUT2D eigenvalue weighted by molar-refractivity contribution is 0.697. The number of hydrogen-bond acceptors (Lipinski definition) is 3. The molecule has 3 nitrogen and oxygen atoms in total. The summed E-state index contributed by atoms with van der Waals surface area (Å²) in [5.74, 6) is 0.702. The van der Waals surface area contributed by atoms with Crippen LogP contribution >= 0.6 is 23.4 Å². The Bertz CT molecular complexity index is 537. The largest absolute Gasteiger partial charge is 0.383 e. The van der Waals surface area contributed by atoms with E-state index in [0.29, 0.717) is 17.6 Å². The van der Waals surface area contributed by atoms with Crippen molar-refractivity contribution in [3.63, 3.8) is 0 Å². The number of aromatic nitrogens is 2. The van der Waals surface area contributed by atoms with E-state index in [1.165, 1.54) is 0 Å².